The van der Waals surface area contributed by atoms with Crippen molar-refractivity contribution in [1.82, 2.24) is 4.90 Å². The van der Waals surface area contributed by atoms with Gasteiger partial charge in [-0.15, -0.1) is 0 Å². The molecule has 0 amide bonds. The van der Waals surface area contributed by atoms with Crippen LogP contribution in [-0.4, -0.2) is 25.0 Å². The maximum Gasteiger partial charge on any atom is 0.0340 e. The minimum absolute atomic E-state index is 0.999. The zero-order valence-corrected chi connectivity index (χ0v) is 13.4. The predicted octanol–water partition coefficient (Wildman–Crippen LogP) is 4.38. The molecule has 0 saturated carbocycles. The highest BCUT2D eigenvalue weighted by molar-refractivity contribution is 9.10. The van der Waals surface area contributed by atoms with Crippen LogP contribution in [0.3, 0.4) is 0 Å². The zero-order chi connectivity index (χ0) is 14.2. The van der Waals surface area contributed by atoms with Crippen LogP contribution in [0.25, 0.3) is 0 Å². The van der Waals surface area contributed by atoms with Gasteiger partial charge in [0.05, 0.1) is 0 Å². The Hall–Kier alpha value is -1.32. The quantitative estimate of drug-likeness (QED) is 0.757. The molecule has 1 N–H and O–H groups in total. The van der Waals surface area contributed by atoms with E-state index in [1.54, 1.807) is 0 Å². The number of para-hydroxylation sites is 1. The first-order valence-corrected chi connectivity index (χ1v) is 7.75. The summed E-state index contributed by atoms with van der Waals surface area (Å²) in [6.07, 6.45) is 1.14. The lowest BCUT2D eigenvalue weighted by Gasteiger charge is -2.17. The lowest BCUT2D eigenvalue weighted by molar-refractivity contribution is 0.325. The molecule has 0 fully saturated rings. The van der Waals surface area contributed by atoms with Gasteiger partial charge in [-0.3, -0.25) is 0 Å². The number of hydrogen-bond donors (Lipinski definition) is 1. The highest BCUT2D eigenvalue weighted by Gasteiger charge is 2.00. The summed E-state index contributed by atoms with van der Waals surface area (Å²) in [4.78, 5) is 2.36. The Labute approximate surface area is 129 Å². The summed E-state index contributed by atoms with van der Waals surface area (Å²) in [5.41, 5.74) is 2.55. The van der Waals surface area contributed by atoms with Crippen molar-refractivity contribution >= 4 is 21.6 Å². The van der Waals surface area contributed by atoms with Gasteiger partial charge in [-0.05, 0) is 49.8 Å². The van der Waals surface area contributed by atoms with E-state index in [4.69, 9.17) is 0 Å². The highest BCUT2D eigenvalue weighted by Crippen LogP contribution is 2.12. The molecule has 0 aliphatic carbocycles. The second-order valence-electron chi connectivity index (χ2n) is 5.01. The molecule has 2 rings (SSSR count). The van der Waals surface area contributed by atoms with Gasteiger partial charge in [-0.1, -0.05) is 46.3 Å². The molecular weight excluding hydrogens is 312 g/mol. The van der Waals surface area contributed by atoms with Crippen molar-refractivity contribution in [3.63, 3.8) is 0 Å². The number of benzene rings is 2. The SMILES string of the molecule is CN(CCCNc1ccccc1)Cc1ccc(Br)cc1. The van der Waals surface area contributed by atoms with Crippen molar-refractivity contribution in [3.05, 3.63) is 64.6 Å². The molecule has 0 aliphatic rings. The normalized spacial score (nSPS) is 10.8. The van der Waals surface area contributed by atoms with Crippen LogP contribution in [0.2, 0.25) is 0 Å². The topological polar surface area (TPSA) is 15.3 Å². The number of nitrogens with one attached hydrogen (secondary N) is 1. The van der Waals surface area contributed by atoms with Crippen LogP contribution >= 0.6 is 15.9 Å². The van der Waals surface area contributed by atoms with Gasteiger partial charge in [0.2, 0.25) is 0 Å². The molecule has 0 bridgehead atoms. The summed E-state index contributed by atoms with van der Waals surface area (Å²) in [7, 11) is 2.17. The molecule has 3 heteroatoms. The van der Waals surface area contributed by atoms with Crippen molar-refractivity contribution in [3.8, 4) is 0 Å². The molecule has 0 saturated heterocycles. The van der Waals surface area contributed by atoms with E-state index in [1.165, 1.54) is 11.3 Å². The summed E-state index contributed by atoms with van der Waals surface area (Å²) in [5, 5.41) is 3.44. The van der Waals surface area contributed by atoms with Crippen LogP contribution in [0, 0.1) is 0 Å². The Balaban J connectivity index is 1.65. The molecule has 0 aromatic heterocycles. The molecule has 0 aliphatic heterocycles. The monoisotopic (exact) mass is 332 g/mol. The van der Waals surface area contributed by atoms with Gasteiger partial charge >= 0.3 is 0 Å². The van der Waals surface area contributed by atoms with Gasteiger partial charge in [-0.2, -0.15) is 0 Å². The average molecular weight is 333 g/mol. The summed E-state index contributed by atoms with van der Waals surface area (Å²) in [6.45, 7) is 3.10. The van der Waals surface area contributed by atoms with Gasteiger partial charge < -0.3 is 10.2 Å². The van der Waals surface area contributed by atoms with Crippen LogP contribution in [0.1, 0.15) is 12.0 Å². The molecule has 2 nitrogen and oxygen atoms in total. The fourth-order valence-corrected chi connectivity index (χ4v) is 2.38. The molecule has 0 unspecified atom stereocenters. The number of hydrogen-bond acceptors (Lipinski definition) is 2. The molecule has 20 heavy (non-hydrogen) atoms. The summed E-state index contributed by atoms with van der Waals surface area (Å²) in [6, 6.07) is 18.9. The van der Waals surface area contributed by atoms with Crippen LogP contribution in [0.15, 0.2) is 59.1 Å². The summed E-state index contributed by atoms with van der Waals surface area (Å²) < 4.78 is 1.14. The van der Waals surface area contributed by atoms with E-state index in [0.717, 1.165) is 30.5 Å². The van der Waals surface area contributed by atoms with Crippen LogP contribution < -0.4 is 5.32 Å². The summed E-state index contributed by atoms with van der Waals surface area (Å²) >= 11 is 3.46. The Morgan fingerprint density at radius 2 is 1.70 bits per heavy atom. The first kappa shape index (κ1) is 15.1. The standard InChI is InChI=1S/C17H21BrN2/c1-20(14-15-8-10-16(18)11-9-15)13-5-12-19-17-6-3-2-4-7-17/h2-4,6-11,19H,5,12-14H2,1H3. The van der Waals surface area contributed by atoms with Gasteiger partial charge in [0.15, 0.2) is 0 Å². The van der Waals surface area contributed by atoms with Crippen molar-refractivity contribution in [1.29, 1.82) is 0 Å². The molecule has 0 atom stereocenters. The molecule has 2 aromatic carbocycles. The fraction of sp³-hybridized carbons (Fsp3) is 0.294. The van der Waals surface area contributed by atoms with Gasteiger partial charge in [0.1, 0.15) is 0 Å². The van der Waals surface area contributed by atoms with E-state index in [0.29, 0.717) is 0 Å². The number of halogens is 1. The molecule has 0 spiro atoms. The van der Waals surface area contributed by atoms with Crippen LogP contribution in [0.4, 0.5) is 5.69 Å². The molecule has 106 valence electrons. The molecule has 0 heterocycles. The molecular formula is C17H21BrN2. The molecule has 0 radical (unpaired) electrons. The second-order valence-corrected chi connectivity index (χ2v) is 5.93. The van der Waals surface area contributed by atoms with E-state index in [-0.39, 0.29) is 0 Å². The smallest absolute Gasteiger partial charge is 0.0340 e. The maximum atomic E-state index is 3.46. The number of anilines is 1. The van der Waals surface area contributed by atoms with Crippen LogP contribution in [-0.2, 0) is 6.54 Å². The van der Waals surface area contributed by atoms with Crippen molar-refractivity contribution < 1.29 is 0 Å². The fourth-order valence-electron chi connectivity index (χ4n) is 2.12. The van der Waals surface area contributed by atoms with Crippen molar-refractivity contribution in [2.75, 3.05) is 25.5 Å². The van der Waals surface area contributed by atoms with Crippen LogP contribution in [0.5, 0.6) is 0 Å². The minimum atomic E-state index is 0.999. The van der Waals surface area contributed by atoms with E-state index in [1.807, 2.05) is 6.07 Å². The lowest BCUT2D eigenvalue weighted by atomic mass is 10.2. The van der Waals surface area contributed by atoms with E-state index >= 15 is 0 Å². The largest absolute Gasteiger partial charge is 0.385 e. The number of rotatable bonds is 7. The average Bonchev–Trinajstić information content (AvgIpc) is 2.47. The predicted molar refractivity (Wildman–Crippen MR) is 90.0 cm³/mol. The Bertz CT molecular complexity index is 496. The first-order valence-electron chi connectivity index (χ1n) is 6.96. The molecule has 2 aromatic rings. The maximum absolute atomic E-state index is 3.46. The van der Waals surface area contributed by atoms with Gasteiger partial charge in [-0.25, -0.2) is 0 Å². The van der Waals surface area contributed by atoms with Crippen molar-refractivity contribution in [2.24, 2.45) is 0 Å². The number of nitrogens with zero attached hydrogens (tertiary/aromatic N) is 1. The summed E-state index contributed by atoms with van der Waals surface area (Å²) in [5.74, 6) is 0. The third-order valence-electron chi connectivity index (χ3n) is 3.19. The lowest BCUT2D eigenvalue weighted by Crippen LogP contribution is -2.21. The van der Waals surface area contributed by atoms with E-state index < -0.39 is 0 Å². The first-order chi connectivity index (χ1) is 9.74. The Morgan fingerprint density at radius 3 is 2.40 bits per heavy atom. The van der Waals surface area contributed by atoms with E-state index in [2.05, 4.69) is 81.7 Å². The third-order valence-corrected chi connectivity index (χ3v) is 3.71. The second kappa shape index (κ2) is 8.08. The highest BCUT2D eigenvalue weighted by atomic mass is 79.9. The minimum Gasteiger partial charge on any atom is -0.385 e. The van der Waals surface area contributed by atoms with E-state index in [9.17, 15) is 0 Å². The Kier molecular flexibility index (Phi) is 6.09. The zero-order valence-electron chi connectivity index (χ0n) is 11.8. The van der Waals surface area contributed by atoms with Gasteiger partial charge in [0, 0.05) is 23.2 Å². The Morgan fingerprint density at radius 1 is 1.00 bits per heavy atom. The third kappa shape index (κ3) is 5.35. The van der Waals surface area contributed by atoms with Crippen molar-refractivity contribution in [2.45, 2.75) is 13.0 Å². The van der Waals surface area contributed by atoms with Gasteiger partial charge in [0.25, 0.3) is 0 Å².